The predicted octanol–water partition coefficient (Wildman–Crippen LogP) is 2.40. The zero-order chi connectivity index (χ0) is 14.1. The van der Waals surface area contributed by atoms with Crippen molar-refractivity contribution in [3.63, 3.8) is 0 Å². The van der Waals surface area contributed by atoms with Crippen LogP contribution in [-0.2, 0) is 13.0 Å². The molecule has 0 saturated heterocycles. The summed E-state index contributed by atoms with van der Waals surface area (Å²) in [5.74, 6) is 1.46. The number of aliphatic hydroxyl groups excluding tert-OH is 1. The van der Waals surface area contributed by atoms with Crippen molar-refractivity contribution in [2.45, 2.75) is 65.5 Å². The highest BCUT2D eigenvalue weighted by molar-refractivity contribution is 4.87. The van der Waals surface area contributed by atoms with Crippen LogP contribution in [0.25, 0.3) is 0 Å². The van der Waals surface area contributed by atoms with Crippen molar-refractivity contribution in [2.75, 3.05) is 13.2 Å². The molecule has 0 atom stereocenters. The lowest BCUT2D eigenvalue weighted by Crippen LogP contribution is -2.36. The zero-order valence-electron chi connectivity index (χ0n) is 12.4. The van der Waals surface area contributed by atoms with Gasteiger partial charge in [-0.15, -0.1) is 0 Å². The van der Waals surface area contributed by atoms with Gasteiger partial charge in [0.15, 0.2) is 5.82 Å². The van der Waals surface area contributed by atoms with Gasteiger partial charge in [0.05, 0.1) is 13.2 Å². The molecule has 0 aliphatic carbocycles. The van der Waals surface area contributed by atoms with E-state index in [2.05, 4.69) is 35.8 Å². The molecule has 1 heterocycles. The molecule has 0 aromatic carbocycles. The van der Waals surface area contributed by atoms with Gasteiger partial charge in [0.25, 0.3) is 0 Å². The minimum atomic E-state index is 0.160. The largest absolute Gasteiger partial charge is 0.395 e. The topological polar surface area (TPSA) is 62.4 Å². The van der Waals surface area contributed by atoms with E-state index < -0.39 is 0 Å². The number of hydrogen-bond donors (Lipinski definition) is 1. The maximum Gasteiger partial charge on any atom is 0.240 e. The summed E-state index contributed by atoms with van der Waals surface area (Å²) in [6.45, 7) is 7.92. The van der Waals surface area contributed by atoms with Crippen molar-refractivity contribution in [3.05, 3.63) is 11.7 Å². The molecular formula is C14H27N3O2. The third-order valence-corrected chi connectivity index (χ3v) is 3.45. The average molecular weight is 269 g/mol. The SMILES string of the molecule is CCCCc1noc(CN(CCO)C(CC)CC)n1. The summed E-state index contributed by atoms with van der Waals surface area (Å²) in [5, 5.41) is 13.2. The molecule has 1 N–H and O–H groups in total. The van der Waals surface area contributed by atoms with E-state index in [0.29, 0.717) is 25.0 Å². The minimum absolute atomic E-state index is 0.160. The third-order valence-electron chi connectivity index (χ3n) is 3.45. The van der Waals surface area contributed by atoms with Crippen LogP contribution in [-0.4, -0.2) is 39.3 Å². The lowest BCUT2D eigenvalue weighted by Gasteiger charge is -2.28. The van der Waals surface area contributed by atoms with Crippen molar-refractivity contribution in [1.29, 1.82) is 0 Å². The van der Waals surface area contributed by atoms with E-state index in [0.717, 1.165) is 37.9 Å². The maximum atomic E-state index is 9.17. The van der Waals surface area contributed by atoms with Crippen molar-refractivity contribution < 1.29 is 9.63 Å². The molecule has 0 saturated carbocycles. The smallest absolute Gasteiger partial charge is 0.240 e. The van der Waals surface area contributed by atoms with Crippen LogP contribution < -0.4 is 0 Å². The van der Waals surface area contributed by atoms with E-state index in [9.17, 15) is 0 Å². The Hall–Kier alpha value is -0.940. The Balaban J connectivity index is 2.59. The Morgan fingerprint density at radius 3 is 2.58 bits per heavy atom. The van der Waals surface area contributed by atoms with E-state index in [1.807, 2.05) is 0 Å². The van der Waals surface area contributed by atoms with Crippen LogP contribution in [0.1, 0.15) is 58.2 Å². The first-order chi connectivity index (χ1) is 9.24. The molecule has 1 aromatic heterocycles. The van der Waals surface area contributed by atoms with E-state index in [4.69, 9.17) is 9.63 Å². The number of aliphatic hydroxyl groups is 1. The standard InChI is InChI=1S/C14H27N3O2/c1-4-7-8-13-15-14(19-16-13)11-17(9-10-18)12(5-2)6-3/h12,18H,4-11H2,1-3H3. The number of nitrogens with zero attached hydrogens (tertiary/aromatic N) is 3. The average Bonchev–Trinajstić information content (AvgIpc) is 2.85. The van der Waals surface area contributed by atoms with E-state index in [-0.39, 0.29) is 6.61 Å². The van der Waals surface area contributed by atoms with Crippen LogP contribution in [0.2, 0.25) is 0 Å². The molecule has 0 spiro atoms. The second-order valence-electron chi connectivity index (χ2n) is 4.87. The Bertz CT molecular complexity index is 337. The first-order valence-corrected chi connectivity index (χ1v) is 7.41. The highest BCUT2D eigenvalue weighted by atomic mass is 16.5. The number of rotatable bonds is 10. The molecule has 0 fully saturated rings. The van der Waals surface area contributed by atoms with Gasteiger partial charge in [-0.25, -0.2) is 0 Å². The number of unbranched alkanes of at least 4 members (excludes halogenated alkanes) is 1. The molecule has 0 radical (unpaired) electrons. The Morgan fingerprint density at radius 1 is 1.26 bits per heavy atom. The van der Waals surface area contributed by atoms with E-state index >= 15 is 0 Å². The molecule has 5 heteroatoms. The van der Waals surface area contributed by atoms with Crippen LogP contribution >= 0.6 is 0 Å². The van der Waals surface area contributed by atoms with Crippen LogP contribution in [0.15, 0.2) is 4.52 Å². The quantitative estimate of drug-likeness (QED) is 0.706. The summed E-state index contributed by atoms with van der Waals surface area (Å²) in [5.41, 5.74) is 0. The van der Waals surface area contributed by atoms with Crippen LogP contribution in [0, 0.1) is 0 Å². The van der Waals surface area contributed by atoms with Gasteiger partial charge in [0.1, 0.15) is 0 Å². The Kier molecular flexibility index (Phi) is 7.67. The Morgan fingerprint density at radius 2 is 2.00 bits per heavy atom. The summed E-state index contributed by atoms with van der Waals surface area (Å²) >= 11 is 0. The second kappa shape index (κ2) is 9.04. The van der Waals surface area contributed by atoms with Crippen molar-refractivity contribution >= 4 is 0 Å². The molecule has 0 aliphatic heterocycles. The maximum absolute atomic E-state index is 9.17. The van der Waals surface area contributed by atoms with Crippen LogP contribution in [0.3, 0.4) is 0 Å². The summed E-state index contributed by atoms with van der Waals surface area (Å²) in [6.07, 6.45) is 5.23. The van der Waals surface area contributed by atoms with Gasteiger partial charge >= 0.3 is 0 Å². The fourth-order valence-electron chi connectivity index (χ4n) is 2.29. The first-order valence-electron chi connectivity index (χ1n) is 7.41. The molecule has 5 nitrogen and oxygen atoms in total. The van der Waals surface area contributed by atoms with Gasteiger partial charge in [0, 0.05) is 19.0 Å². The summed E-state index contributed by atoms with van der Waals surface area (Å²) in [6, 6.07) is 0.457. The number of aromatic nitrogens is 2. The van der Waals surface area contributed by atoms with E-state index in [1.165, 1.54) is 0 Å². The van der Waals surface area contributed by atoms with Crippen LogP contribution in [0.5, 0.6) is 0 Å². The molecule has 1 rings (SSSR count). The van der Waals surface area contributed by atoms with Gasteiger partial charge in [-0.1, -0.05) is 32.3 Å². The van der Waals surface area contributed by atoms with E-state index in [1.54, 1.807) is 0 Å². The van der Waals surface area contributed by atoms with Gasteiger partial charge < -0.3 is 9.63 Å². The highest BCUT2D eigenvalue weighted by Gasteiger charge is 2.18. The van der Waals surface area contributed by atoms with Gasteiger partial charge in [-0.2, -0.15) is 4.98 Å². The minimum Gasteiger partial charge on any atom is -0.395 e. The fourth-order valence-corrected chi connectivity index (χ4v) is 2.29. The summed E-state index contributed by atoms with van der Waals surface area (Å²) in [7, 11) is 0. The van der Waals surface area contributed by atoms with Crippen molar-refractivity contribution in [3.8, 4) is 0 Å². The summed E-state index contributed by atoms with van der Waals surface area (Å²) < 4.78 is 5.29. The van der Waals surface area contributed by atoms with Gasteiger partial charge in [-0.05, 0) is 19.3 Å². The second-order valence-corrected chi connectivity index (χ2v) is 4.87. The number of hydrogen-bond acceptors (Lipinski definition) is 5. The van der Waals surface area contributed by atoms with Crippen LogP contribution in [0.4, 0.5) is 0 Å². The highest BCUT2D eigenvalue weighted by Crippen LogP contribution is 2.12. The molecule has 0 aliphatic rings. The monoisotopic (exact) mass is 269 g/mol. The molecule has 110 valence electrons. The molecule has 0 bridgehead atoms. The van der Waals surface area contributed by atoms with Gasteiger partial charge in [0.2, 0.25) is 5.89 Å². The molecule has 0 amide bonds. The summed E-state index contributed by atoms with van der Waals surface area (Å²) in [4.78, 5) is 6.64. The first kappa shape index (κ1) is 16.1. The number of aryl methyl sites for hydroxylation is 1. The zero-order valence-corrected chi connectivity index (χ0v) is 12.4. The lowest BCUT2D eigenvalue weighted by molar-refractivity contribution is 0.122. The molecule has 1 aromatic rings. The molecular weight excluding hydrogens is 242 g/mol. The fraction of sp³-hybridized carbons (Fsp3) is 0.857. The van der Waals surface area contributed by atoms with Crippen molar-refractivity contribution in [1.82, 2.24) is 15.0 Å². The Labute approximate surface area is 116 Å². The van der Waals surface area contributed by atoms with Gasteiger partial charge in [-0.3, -0.25) is 4.90 Å². The predicted molar refractivity (Wildman–Crippen MR) is 74.8 cm³/mol. The molecule has 0 unspecified atom stereocenters. The third kappa shape index (κ3) is 5.28. The van der Waals surface area contributed by atoms with Crippen molar-refractivity contribution in [2.24, 2.45) is 0 Å². The molecule has 19 heavy (non-hydrogen) atoms. The lowest BCUT2D eigenvalue weighted by atomic mass is 10.1. The normalized spacial score (nSPS) is 11.7.